The maximum atomic E-state index is 5.60. The van der Waals surface area contributed by atoms with E-state index in [0.29, 0.717) is 12.3 Å². The Morgan fingerprint density at radius 1 is 1.08 bits per heavy atom. The van der Waals surface area contributed by atoms with Gasteiger partial charge in [0.1, 0.15) is 17.4 Å². The van der Waals surface area contributed by atoms with E-state index >= 15 is 0 Å². The zero-order chi connectivity index (χ0) is 26.2. The number of rotatable bonds is 5. The van der Waals surface area contributed by atoms with Gasteiger partial charge in [-0.3, -0.25) is 4.99 Å². The van der Waals surface area contributed by atoms with Gasteiger partial charge in [0.15, 0.2) is 5.82 Å². The summed E-state index contributed by atoms with van der Waals surface area (Å²) >= 11 is 0. The fraction of sp³-hybridized carbons (Fsp3) is 0.355. The molecule has 198 valence electrons. The average Bonchev–Trinajstić information content (AvgIpc) is 3.09. The lowest BCUT2D eigenvalue weighted by Crippen LogP contribution is -2.49. The first-order valence-electron chi connectivity index (χ1n) is 14.0. The predicted octanol–water partition coefficient (Wildman–Crippen LogP) is 3.40. The Morgan fingerprint density at radius 3 is 2.77 bits per heavy atom. The van der Waals surface area contributed by atoms with Crippen molar-refractivity contribution in [3.8, 4) is 17.0 Å². The quantitative estimate of drug-likeness (QED) is 0.539. The van der Waals surface area contributed by atoms with E-state index in [1.54, 1.807) is 7.11 Å². The molecular formula is C31H33N7O. The molecule has 0 spiro atoms. The number of allylic oxidation sites excluding steroid dienone is 2. The second-order valence-corrected chi connectivity index (χ2v) is 10.6. The van der Waals surface area contributed by atoms with Gasteiger partial charge in [-0.05, 0) is 48.6 Å². The van der Waals surface area contributed by atoms with Crippen LogP contribution in [-0.2, 0) is 6.42 Å². The summed E-state index contributed by atoms with van der Waals surface area (Å²) < 4.78 is 5.60. The van der Waals surface area contributed by atoms with Crippen LogP contribution in [0.25, 0.3) is 28.6 Å². The van der Waals surface area contributed by atoms with Crippen LogP contribution >= 0.6 is 0 Å². The number of anilines is 1. The summed E-state index contributed by atoms with van der Waals surface area (Å²) in [5.74, 6) is 4.11. The molecule has 39 heavy (non-hydrogen) atoms. The molecule has 2 N–H and O–H groups in total. The summed E-state index contributed by atoms with van der Waals surface area (Å²) in [6, 6.07) is 10.2. The van der Waals surface area contributed by atoms with Crippen molar-refractivity contribution in [2.24, 2.45) is 15.9 Å². The number of hydrogen-bond donors (Lipinski definition) is 2. The number of H-pyrrole nitrogens is 1. The molecule has 2 aromatic heterocycles. The third kappa shape index (κ3) is 4.48. The summed E-state index contributed by atoms with van der Waals surface area (Å²) in [5, 5.41) is 5.64. The fourth-order valence-electron chi connectivity index (χ4n) is 5.99. The number of hydrogen-bond acceptors (Lipinski definition) is 7. The molecule has 0 atom stereocenters. The second-order valence-electron chi connectivity index (χ2n) is 10.6. The molecular weight excluding hydrogens is 486 g/mol. The zero-order valence-corrected chi connectivity index (χ0v) is 22.3. The van der Waals surface area contributed by atoms with Crippen molar-refractivity contribution >= 4 is 41.4 Å². The van der Waals surface area contributed by atoms with Crippen molar-refractivity contribution in [1.29, 1.82) is 0 Å². The van der Waals surface area contributed by atoms with Crippen LogP contribution in [0.5, 0.6) is 5.75 Å². The third-order valence-corrected chi connectivity index (χ3v) is 8.29. The van der Waals surface area contributed by atoms with Gasteiger partial charge in [0.05, 0.1) is 24.4 Å². The Hall–Kier alpha value is -4.04. The van der Waals surface area contributed by atoms with Crippen molar-refractivity contribution in [2.75, 3.05) is 38.2 Å². The van der Waals surface area contributed by atoms with E-state index in [0.717, 1.165) is 83.6 Å². The number of aromatic amines is 1. The van der Waals surface area contributed by atoms with Gasteiger partial charge < -0.3 is 19.9 Å². The summed E-state index contributed by atoms with van der Waals surface area (Å²) in [6.07, 6.45) is 13.2. The first-order chi connectivity index (χ1) is 19.3. The smallest absolute Gasteiger partial charge is 0.158 e. The molecule has 0 unspecified atom stereocenters. The minimum atomic E-state index is 0.609. The number of methoxy groups -OCH3 is 1. The molecule has 8 nitrogen and oxygen atoms in total. The number of aliphatic imine (C=N–C) groups is 2. The van der Waals surface area contributed by atoms with Crippen molar-refractivity contribution < 1.29 is 4.74 Å². The average molecular weight is 520 g/mol. The topological polar surface area (TPSA) is 90.8 Å². The Balaban J connectivity index is 1.33. The van der Waals surface area contributed by atoms with Crippen LogP contribution in [0.2, 0.25) is 0 Å². The zero-order valence-electron chi connectivity index (χ0n) is 22.3. The standard InChI is InChI=1S/C31H33N7O/c1-39-27-8-3-2-7-24(27)25-18-22-17-21(9-12-34-29(22)35-25)30-36-26-19-33-11-10-23(20-5-4-6-20)28(26)31(37-30)38-15-13-32-14-16-38/h2-3,7-9,11-12,18-20,32,35H,4-6,10,13-17H2,1H3. The highest BCUT2D eigenvalue weighted by atomic mass is 16.5. The summed E-state index contributed by atoms with van der Waals surface area (Å²) in [5.41, 5.74) is 5.63. The third-order valence-electron chi connectivity index (χ3n) is 8.29. The van der Waals surface area contributed by atoms with Crippen LogP contribution < -0.4 is 25.5 Å². The number of nitrogens with one attached hydrogen (secondary N) is 2. The monoisotopic (exact) mass is 519 g/mol. The summed E-state index contributed by atoms with van der Waals surface area (Å²) in [4.78, 5) is 25.7. The van der Waals surface area contributed by atoms with Crippen LogP contribution in [0, 0.1) is 5.92 Å². The number of benzene rings is 1. The molecule has 1 saturated heterocycles. The van der Waals surface area contributed by atoms with Gasteiger partial charge in [-0.2, -0.15) is 0 Å². The number of aromatic nitrogens is 3. The maximum Gasteiger partial charge on any atom is 0.158 e. The lowest BCUT2D eigenvalue weighted by molar-refractivity contribution is 0.395. The van der Waals surface area contributed by atoms with Crippen molar-refractivity contribution in [3.63, 3.8) is 0 Å². The number of ether oxygens (including phenoxy) is 1. The largest absolute Gasteiger partial charge is 0.496 e. The van der Waals surface area contributed by atoms with E-state index < -0.39 is 0 Å². The van der Waals surface area contributed by atoms with E-state index in [1.807, 2.05) is 36.8 Å². The first-order valence-corrected chi connectivity index (χ1v) is 14.0. The van der Waals surface area contributed by atoms with Crippen LogP contribution in [0.15, 0.2) is 46.4 Å². The molecule has 0 radical (unpaired) electrons. The molecule has 1 aromatic carbocycles. The molecule has 4 aliphatic rings. The van der Waals surface area contributed by atoms with Crippen LogP contribution in [0.3, 0.4) is 0 Å². The highest BCUT2D eigenvalue weighted by Crippen LogP contribution is 2.37. The fourth-order valence-corrected chi connectivity index (χ4v) is 5.99. The summed E-state index contributed by atoms with van der Waals surface area (Å²) in [7, 11) is 1.70. The van der Waals surface area contributed by atoms with Gasteiger partial charge in [0.25, 0.3) is 0 Å². The maximum absolute atomic E-state index is 5.60. The Morgan fingerprint density at radius 2 is 1.95 bits per heavy atom. The van der Waals surface area contributed by atoms with E-state index in [9.17, 15) is 0 Å². The lowest BCUT2D eigenvalue weighted by atomic mass is 9.78. The van der Waals surface area contributed by atoms with Crippen molar-refractivity contribution in [2.45, 2.75) is 32.1 Å². The van der Waals surface area contributed by atoms with E-state index in [4.69, 9.17) is 19.7 Å². The SMILES string of the molecule is COc1ccccc1-c1cc2c([nH]1)N=CC=C(c1nc(N3CCNCC3)c3c(n1)=CN=CCC=3C1CCC1)C2. The van der Waals surface area contributed by atoms with Crippen LogP contribution in [0.4, 0.5) is 11.6 Å². The Bertz CT molecular complexity index is 1620. The van der Waals surface area contributed by atoms with Gasteiger partial charge in [0.2, 0.25) is 0 Å². The van der Waals surface area contributed by atoms with Crippen LogP contribution in [0.1, 0.15) is 37.1 Å². The molecule has 0 bridgehead atoms. The van der Waals surface area contributed by atoms with Gasteiger partial charge in [-0.25, -0.2) is 15.0 Å². The van der Waals surface area contributed by atoms with Gasteiger partial charge >= 0.3 is 0 Å². The molecule has 0 amide bonds. The number of para-hydroxylation sites is 1. The highest BCUT2D eigenvalue weighted by Gasteiger charge is 2.27. The Kier molecular flexibility index (Phi) is 6.32. The molecule has 3 aliphatic heterocycles. The van der Waals surface area contributed by atoms with E-state index in [-0.39, 0.29) is 0 Å². The molecule has 5 heterocycles. The molecule has 7 rings (SSSR count). The normalized spacial score (nSPS) is 18.8. The van der Waals surface area contributed by atoms with Gasteiger partial charge in [-0.15, -0.1) is 0 Å². The predicted molar refractivity (Wildman–Crippen MR) is 157 cm³/mol. The number of nitrogens with zero attached hydrogens (tertiary/aromatic N) is 5. The minimum absolute atomic E-state index is 0.609. The van der Waals surface area contributed by atoms with Crippen LogP contribution in [-0.4, -0.2) is 60.7 Å². The molecule has 8 heteroatoms. The lowest BCUT2D eigenvalue weighted by Gasteiger charge is -2.32. The molecule has 1 aliphatic carbocycles. The van der Waals surface area contributed by atoms with Crippen molar-refractivity contribution in [1.82, 2.24) is 20.3 Å². The minimum Gasteiger partial charge on any atom is -0.496 e. The molecule has 1 saturated carbocycles. The van der Waals surface area contributed by atoms with Gasteiger partial charge in [-0.1, -0.05) is 18.6 Å². The second kappa shape index (κ2) is 10.3. The van der Waals surface area contributed by atoms with E-state index in [1.165, 1.54) is 30.1 Å². The Labute approximate surface area is 228 Å². The number of piperazine rings is 1. The van der Waals surface area contributed by atoms with Crippen molar-refractivity contribution in [3.05, 3.63) is 58.4 Å². The number of fused-ring (bicyclic) bond motifs is 2. The first kappa shape index (κ1) is 24.0. The van der Waals surface area contributed by atoms with Gasteiger partial charge in [0, 0.05) is 73.4 Å². The molecule has 3 aromatic rings. The summed E-state index contributed by atoms with van der Waals surface area (Å²) in [6.45, 7) is 3.79. The molecule has 2 fully saturated rings. The highest BCUT2D eigenvalue weighted by molar-refractivity contribution is 5.89. The van der Waals surface area contributed by atoms with E-state index in [2.05, 4.69) is 38.4 Å².